The number of carbonyl (C=O) groups is 2. The monoisotopic (exact) mass is 313 g/mol. The Bertz CT molecular complexity index is 738. The maximum absolute atomic E-state index is 12.6. The number of hydrogen-bond acceptors (Lipinski definition) is 3. The summed E-state index contributed by atoms with van der Waals surface area (Å²) in [7, 11) is 1.73. The zero-order valence-electron chi connectivity index (χ0n) is 13.2. The van der Waals surface area contributed by atoms with Crippen molar-refractivity contribution in [3.05, 3.63) is 53.5 Å². The number of urea groups is 1. The Morgan fingerprint density at radius 2 is 2.17 bits per heavy atom. The van der Waals surface area contributed by atoms with Gasteiger partial charge in [0.25, 0.3) is 5.91 Å². The minimum Gasteiger partial charge on any atom is -0.464 e. The molecular formula is C17H19N3O3. The number of anilines is 1. The molecule has 0 bridgehead atoms. The lowest BCUT2D eigenvalue weighted by molar-refractivity contribution is 0.0775. The summed E-state index contributed by atoms with van der Waals surface area (Å²) in [5.41, 5.74) is 1.28. The number of rotatable bonds is 4. The number of benzene rings is 1. The number of aryl methyl sites for hydroxylation is 1. The lowest BCUT2D eigenvalue weighted by atomic mass is 10.1. The van der Waals surface area contributed by atoms with Crippen LogP contribution in [0.4, 0.5) is 10.5 Å². The Morgan fingerprint density at radius 3 is 2.83 bits per heavy atom. The zero-order valence-corrected chi connectivity index (χ0v) is 13.2. The smallest absolute Gasteiger partial charge is 0.321 e. The Morgan fingerprint density at radius 1 is 1.35 bits per heavy atom. The molecule has 1 saturated heterocycles. The van der Waals surface area contributed by atoms with Gasteiger partial charge in [0.2, 0.25) is 0 Å². The van der Waals surface area contributed by atoms with Crippen molar-refractivity contribution in [2.45, 2.75) is 13.5 Å². The summed E-state index contributed by atoms with van der Waals surface area (Å²) in [6, 6.07) is 10.7. The van der Waals surface area contributed by atoms with Gasteiger partial charge in [-0.25, -0.2) is 4.79 Å². The third kappa shape index (κ3) is 3.21. The average Bonchev–Trinajstić information content (AvgIpc) is 3.15. The molecular weight excluding hydrogens is 294 g/mol. The van der Waals surface area contributed by atoms with Crippen LogP contribution < -0.4 is 10.2 Å². The van der Waals surface area contributed by atoms with E-state index in [9.17, 15) is 9.59 Å². The number of carbonyl (C=O) groups excluding carboxylic acids is 2. The average molecular weight is 313 g/mol. The van der Waals surface area contributed by atoms with E-state index in [0.717, 1.165) is 17.2 Å². The number of nitrogens with zero attached hydrogens (tertiary/aromatic N) is 2. The first-order valence-electron chi connectivity index (χ1n) is 7.51. The third-order valence-corrected chi connectivity index (χ3v) is 3.80. The van der Waals surface area contributed by atoms with Gasteiger partial charge in [-0.3, -0.25) is 9.69 Å². The second kappa shape index (κ2) is 6.16. The number of hydrogen-bond donors (Lipinski definition) is 1. The van der Waals surface area contributed by atoms with E-state index in [1.807, 2.05) is 25.1 Å². The van der Waals surface area contributed by atoms with Crippen LogP contribution in [0.15, 0.2) is 40.8 Å². The summed E-state index contributed by atoms with van der Waals surface area (Å²) in [6.07, 6.45) is 0. The van der Waals surface area contributed by atoms with Gasteiger partial charge in [-0.1, -0.05) is 6.07 Å². The number of nitrogens with one attached hydrogen (secondary N) is 1. The Labute approximate surface area is 134 Å². The maximum Gasteiger partial charge on any atom is 0.321 e. The standard InChI is InChI=1S/C17H19N3O3/c1-12-6-7-15(23-12)11-19(2)16(21)13-4-3-5-14(10-13)20-9-8-18-17(20)22/h3-7,10H,8-9,11H2,1-2H3,(H,18,22). The van der Waals surface area contributed by atoms with Crippen LogP contribution in [0.2, 0.25) is 0 Å². The molecule has 0 unspecified atom stereocenters. The summed E-state index contributed by atoms with van der Waals surface area (Å²) in [6.45, 7) is 3.50. The van der Waals surface area contributed by atoms with Gasteiger partial charge in [0.05, 0.1) is 6.54 Å². The molecule has 0 saturated carbocycles. The fraction of sp³-hybridized carbons (Fsp3) is 0.294. The summed E-state index contributed by atoms with van der Waals surface area (Å²) >= 11 is 0. The van der Waals surface area contributed by atoms with E-state index in [0.29, 0.717) is 25.2 Å². The molecule has 3 amide bonds. The third-order valence-electron chi connectivity index (χ3n) is 3.80. The lowest BCUT2D eigenvalue weighted by Gasteiger charge is -2.18. The second-order valence-electron chi connectivity index (χ2n) is 5.61. The van der Waals surface area contributed by atoms with E-state index in [4.69, 9.17) is 4.42 Å². The maximum atomic E-state index is 12.6. The van der Waals surface area contributed by atoms with Crippen molar-refractivity contribution < 1.29 is 14.0 Å². The van der Waals surface area contributed by atoms with Crippen LogP contribution in [0.25, 0.3) is 0 Å². The first-order valence-corrected chi connectivity index (χ1v) is 7.51. The molecule has 1 N–H and O–H groups in total. The van der Waals surface area contributed by atoms with Gasteiger partial charge in [0.15, 0.2) is 0 Å². The fourth-order valence-corrected chi connectivity index (χ4v) is 2.62. The van der Waals surface area contributed by atoms with Crippen molar-refractivity contribution in [3.8, 4) is 0 Å². The van der Waals surface area contributed by atoms with Gasteiger partial charge in [-0.15, -0.1) is 0 Å². The number of amides is 3. The molecule has 0 atom stereocenters. The van der Waals surface area contributed by atoms with Crippen LogP contribution in [0.1, 0.15) is 21.9 Å². The highest BCUT2D eigenvalue weighted by Crippen LogP contribution is 2.19. The molecule has 1 fully saturated rings. The van der Waals surface area contributed by atoms with Crippen LogP contribution in [0.3, 0.4) is 0 Å². The number of furan rings is 1. The van der Waals surface area contributed by atoms with Crippen molar-refractivity contribution in [3.63, 3.8) is 0 Å². The van der Waals surface area contributed by atoms with E-state index in [-0.39, 0.29) is 11.9 Å². The molecule has 0 aliphatic carbocycles. The second-order valence-corrected chi connectivity index (χ2v) is 5.61. The molecule has 0 spiro atoms. The van der Waals surface area contributed by atoms with Crippen LogP contribution in [-0.2, 0) is 6.54 Å². The predicted octanol–water partition coefficient (Wildman–Crippen LogP) is 2.39. The Balaban J connectivity index is 1.75. The summed E-state index contributed by atoms with van der Waals surface area (Å²) in [5.74, 6) is 1.46. The molecule has 2 aromatic rings. The Hall–Kier alpha value is -2.76. The van der Waals surface area contributed by atoms with E-state index < -0.39 is 0 Å². The molecule has 2 heterocycles. The Kier molecular flexibility index (Phi) is 4.06. The normalized spacial score (nSPS) is 14.0. The van der Waals surface area contributed by atoms with Crippen molar-refractivity contribution in [2.24, 2.45) is 0 Å². The predicted molar refractivity (Wildman–Crippen MR) is 86.4 cm³/mol. The largest absolute Gasteiger partial charge is 0.464 e. The minimum atomic E-state index is -0.131. The van der Waals surface area contributed by atoms with E-state index >= 15 is 0 Å². The highest BCUT2D eigenvalue weighted by molar-refractivity contribution is 5.98. The van der Waals surface area contributed by atoms with Crippen molar-refractivity contribution >= 4 is 17.6 Å². The van der Waals surface area contributed by atoms with Gasteiger partial charge in [-0.05, 0) is 37.3 Å². The van der Waals surface area contributed by atoms with E-state index in [2.05, 4.69) is 5.32 Å². The van der Waals surface area contributed by atoms with Gasteiger partial charge in [0, 0.05) is 31.4 Å². The molecule has 1 aromatic heterocycles. The van der Waals surface area contributed by atoms with Crippen LogP contribution in [-0.4, -0.2) is 37.0 Å². The van der Waals surface area contributed by atoms with Gasteiger partial charge < -0.3 is 14.6 Å². The SMILES string of the molecule is Cc1ccc(CN(C)C(=O)c2cccc(N3CCNC3=O)c2)o1. The van der Waals surface area contributed by atoms with Gasteiger partial charge >= 0.3 is 6.03 Å². The minimum absolute atomic E-state index is 0.111. The first kappa shape index (κ1) is 15.1. The molecule has 1 aromatic carbocycles. The lowest BCUT2D eigenvalue weighted by Crippen LogP contribution is -2.29. The van der Waals surface area contributed by atoms with Crippen molar-refractivity contribution in [2.75, 3.05) is 25.0 Å². The van der Waals surface area contributed by atoms with Crippen LogP contribution in [0, 0.1) is 6.92 Å². The van der Waals surface area contributed by atoms with E-state index in [1.54, 1.807) is 35.0 Å². The molecule has 23 heavy (non-hydrogen) atoms. The zero-order chi connectivity index (χ0) is 16.4. The van der Waals surface area contributed by atoms with Gasteiger partial charge in [-0.2, -0.15) is 0 Å². The van der Waals surface area contributed by atoms with E-state index in [1.165, 1.54) is 0 Å². The fourth-order valence-electron chi connectivity index (χ4n) is 2.62. The quantitative estimate of drug-likeness (QED) is 0.942. The van der Waals surface area contributed by atoms with Crippen LogP contribution >= 0.6 is 0 Å². The molecule has 1 aliphatic heterocycles. The van der Waals surface area contributed by atoms with Crippen molar-refractivity contribution in [1.82, 2.24) is 10.2 Å². The molecule has 120 valence electrons. The first-order chi connectivity index (χ1) is 11.0. The summed E-state index contributed by atoms with van der Waals surface area (Å²) in [5, 5.41) is 2.75. The molecule has 3 rings (SSSR count). The summed E-state index contributed by atoms with van der Waals surface area (Å²) in [4.78, 5) is 27.5. The molecule has 6 nitrogen and oxygen atoms in total. The molecule has 1 aliphatic rings. The topological polar surface area (TPSA) is 65.8 Å². The highest BCUT2D eigenvalue weighted by atomic mass is 16.3. The molecule has 0 radical (unpaired) electrons. The van der Waals surface area contributed by atoms with Crippen LogP contribution in [0.5, 0.6) is 0 Å². The summed E-state index contributed by atoms with van der Waals surface area (Å²) < 4.78 is 5.50. The van der Waals surface area contributed by atoms with Gasteiger partial charge in [0.1, 0.15) is 11.5 Å². The molecule has 6 heteroatoms. The highest BCUT2D eigenvalue weighted by Gasteiger charge is 2.22. The van der Waals surface area contributed by atoms with Crippen molar-refractivity contribution in [1.29, 1.82) is 0 Å².